The van der Waals surface area contributed by atoms with Crippen LogP contribution in [0.2, 0.25) is 5.02 Å². The van der Waals surface area contributed by atoms with E-state index in [1.165, 1.54) is 0 Å². The lowest BCUT2D eigenvalue weighted by Gasteiger charge is -2.37. The molecule has 0 spiro atoms. The van der Waals surface area contributed by atoms with E-state index in [-0.39, 0.29) is 12.6 Å². The minimum absolute atomic E-state index is 0.204. The largest absolute Gasteiger partial charge is 0.496 e. The number of hydrogen-bond donors (Lipinski definition) is 0. The number of nitrogens with zero attached hydrogens (tertiary/aromatic N) is 1. The number of benzene rings is 3. The van der Waals surface area contributed by atoms with Crippen molar-refractivity contribution < 1.29 is 14.3 Å². The maximum Gasteiger partial charge on any atom is 0.415 e. The molecule has 6 heteroatoms. The van der Waals surface area contributed by atoms with Crippen molar-refractivity contribution in [3.05, 3.63) is 92.9 Å². The summed E-state index contributed by atoms with van der Waals surface area (Å²) in [5, 5.41) is 0.627. The Morgan fingerprint density at radius 2 is 1.87 bits per heavy atom. The maximum atomic E-state index is 13.3. The minimum atomic E-state index is -0.398. The van der Waals surface area contributed by atoms with Gasteiger partial charge in [-0.15, -0.1) is 0 Å². The lowest BCUT2D eigenvalue weighted by Crippen LogP contribution is -2.39. The van der Waals surface area contributed by atoms with E-state index in [4.69, 9.17) is 21.1 Å². The van der Waals surface area contributed by atoms with E-state index in [0.29, 0.717) is 5.02 Å². The number of carbonyl (C=O) groups is 1. The molecule has 0 bridgehead atoms. The standard InChI is InChI=1S/C24H21BrClNO3/c1-29-23-10-6-5-9-18(23)21-12-11-17-13-20(26)19(25)14-22(17)27(21)24(28)30-15-16-7-3-2-4-8-16/h2-10,13-14,21H,11-12,15H2,1H3. The van der Waals surface area contributed by atoms with Crippen LogP contribution in [0.4, 0.5) is 10.5 Å². The minimum Gasteiger partial charge on any atom is -0.496 e. The van der Waals surface area contributed by atoms with Gasteiger partial charge < -0.3 is 9.47 Å². The van der Waals surface area contributed by atoms with Crippen molar-refractivity contribution in [1.29, 1.82) is 0 Å². The fourth-order valence-electron chi connectivity index (χ4n) is 3.84. The fraction of sp³-hybridized carbons (Fsp3) is 0.208. The first-order valence-electron chi connectivity index (χ1n) is 9.69. The van der Waals surface area contributed by atoms with Crippen LogP contribution in [0.5, 0.6) is 5.75 Å². The summed E-state index contributed by atoms with van der Waals surface area (Å²) in [4.78, 5) is 15.1. The van der Waals surface area contributed by atoms with Crippen LogP contribution < -0.4 is 9.64 Å². The monoisotopic (exact) mass is 485 g/mol. The van der Waals surface area contributed by atoms with Crippen LogP contribution in [0.15, 0.2) is 71.2 Å². The molecule has 1 amide bonds. The average Bonchev–Trinajstić information content (AvgIpc) is 2.78. The van der Waals surface area contributed by atoms with E-state index in [9.17, 15) is 4.79 Å². The summed E-state index contributed by atoms with van der Waals surface area (Å²) in [7, 11) is 1.64. The Hall–Kier alpha value is -2.50. The molecular weight excluding hydrogens is 466 g/mol. The van der Waals surface area contributed by atoms with E-state index in [0.717, 1.165) is 45.4 Å². The number of para-hydroxylation sites is 1. The maximum absolute atomic E-state index is 13.3. The number of methoxy groups -OCH3 is 1. The summed E-state index contributed by atoms with van der Waals surface area (Å²) in [5.74, 6) is 0.750. The zero-order valence-electron chi connectivity index (χ0n) is 16.5. The molecule has 1 unspecified atom stereocenters. The first-order chi connectivity index (χ1) is 14.6. The highest BCUT2D eigenvalue weighted by Gasteiger charge is 2.35. The van der Waals surface area contributed by atoms with Crippen LogP contribution in [0.1, 0.15) is 29.2 Å². The number of halogens is 2. The van der Waals surface area contributed by atoms with E-state index in [2.05, 4.69) is 15.9 Å². The summed E-state index contributed by atoms with van der Waals surface area (Å²) in [6, 6.07) is 21.1. The number of aryl methyl sites for hydroxylation is 1. The molecule has 1 atom stereocenters. The van der Waals surface area contributed by atoms with Gasteiger partial charge in [0.15, 0.2) is 0 Å². The molecule has 1 aliphatic heterocycles. The van der Waals surface area contributed by atoms with Crippen LogP contribution >= 0.6 is 27.5 Å². The van der Waals surface area contributed by atoms with Gasteiger partial charge in [-0.1, -0.05) is 60.1 Å². The van der Waals surface area contributed by atoms with Gasteiger partial charge in [0.1, 0.15) is 12.4 Å². The summed E-state index contributed by atoms with van der Waals surface area (Å²) in [5.41, 5.74) is 3.71. The third kappa shape index (κ3) is 4.18. The smallest absolute Gasteiger partial charge is 0.415 e. The predicted octanol–water partition coefficient (Wildman–Crippen LogP) is 6.94. The third-order valence-corrected chi connectivity index (χ3v) is 6.48. The molecule has 4 rings (SSSR count). The Bertz CT molecular complexity index is 1060. The molecule has 3 aromatic carbocycles. The van der Waals surface area contributed by atoms with Crippen LogP contribution in [0.3, 0.4) is 0 Å². The Balaban J connectivity index is 1.72. The van der Waals surface area contributed by atoms with Gasteiger partial charge in [0, 0.05) is 10.0 Å². The summed E-state index contributed by atoms with van der Waals surface area (Å²) in [6.45, 7) is 0.207. The fourth-order valence-corrected chi connectivity index (χ4v) is 4.36. The lowest BCUT2D eigenvalue weighted by molar-refractivity contribution is 0.143. The summed E-state index contributed by atoms with van der Waals surface area (Å²) < 4.78 is 12.0. The van der Waals surface area contributed by atoms with Crippen molar-refractivity contribution >= 4 is 39.3 Å². The first kappa shape index (κ1) is 20.8. The van der Waals surface area contributed by atoms with Crippen molar-refractivity contribution in [3.63, 3.8) is 0 Å². The molecule has 4 nitrogen and oxygen atoms in total. The third-order valence-electron chi connectivity index (χ3n) is 5.28. The highest BCUT2D eigenvalue weighted by molar-refractivity contribution is 9.10. The highest BCUT2D eigenvalue weighted by Crippen LogP contribution is 2.44. The zero-order chi connectivity index (χ0) is 21.1. The van der Waals surface area contributed by atoms with Gasteiger partial charge in [0.05, 0.1) is 23.9 Å². The molecule has 0 saturated carbocycles. The highest BCUT2D eigenvalue weighted by atomic mass is 79.9. The number of carbonyl (C=O) groups excluding carboxylic acids is 1. The van der Waals surface area contributed by atoms with Crippen molar-refractivity contribution in [1.82, 2.24) is 0 Å². The second-order valence-electron chi connectivity index (χ2n) is 7.10. The molecule has 0 aliphatic carbocycles. The molecule has 30 heavy (non-hydrogen) atoms. The lowest BCUT2D eigenvalue weighted by atomic mass is 9.91. The van der Waals surface area contributed by atoms with Crippen LogP contribution in [0.25, 0.3) is 0 Å². The Kier molecular flexibility index (Phi) is 6.30. The molecule has 3 aromatic rings. The van der Waals surface area contributed by atoms with Crippen molar-refractivity contribution in [2.75, 3.05) is 12.0 Å². The van der Waals surface area contributed by atoms with Gasteiger partial charge >= 0.3 is 6.09 Å². The Morgan fingerprint density at radius 3 is 2.63 bits per heavy atom. The molecule has 0 saturated heterocycles. The zero-order valence-corrected chi connectivity index (χ0v) is 18.8. The van der Waals surface area contributed by atoms with Crippen LogP contribution in [-0.2, 0) is 17.8 Å². The summed E-state index contributed by atoms with van der Waals surface area (Å²) in [6.07, 6.45) is 1.14. The molecule has 0 fully saturated rings. The van der Waals surface area contributed by atoms with Gasteiger partial charge in [-0.25, -0.2) is 4.79 Å². The first-order valence-corrected chi connectivity index (χ1v) is 10.9. The second kappa shape index (κ2) is 9.11. The normalized spacial score (nSPS) is 15.4. The van der Waals surface area contributed by atoms with Crippen LogP contribution in [0, 0.1) is 0 Å². The average molecular weight is 487 g/mol. The van der Waals surface area contributed by atoms with Gasteiger partial charge in [-0.3, -0.25) is 4.90 Å². The van der Waals surface area contributed by atoms with E-state index < -0.39 is 6.09 Å². The molecular formula is C24H21BrClNO3. The van der Waals surface area contributed by atoms with E-state index in [1.54, 1.807) is 12.0 Å². The predicted molar refractivity (Wildman–Crippen MR) is 122 cm³/mol. The molecule has 154 valence electrons. The Morgan fingerprint density at radius 1 is 1.13 bits per heavy atom. The molecule has 0 radical (unpaired) electrons. The van der Waals surface area contributed by atoms with E-state index >= 15 is 0 Å². The SMILES string of the molecule is COc1ccccc1C1CCc2cc(Cl)c(Br)cc2N1C(=O)OCc1ccccc1. The number of fused-ring (bicyclic) bond motifs is 1. The number of ether oxygens (including phenoxy) is 2. The van der Waals surface area contributed by atoms with Crippen molar-refractivity contribution in [3.8, 4) is 5.75 Å². The topological polar surface area (TPSA) is 38.8 Å². The van der Waals surface area contributed by atoms with Gasteiger partial charge in [-0.2, -0.15) is 0 Å². The van der Waals surface area contributed by atoms with Crippen molar-refractivity contribution in [2.45, 2.75) is 25.5 Å². The quantitative estimate of drug-likeness (QED) is 0.401. The molecule has 0 aromatic heterocycles. The molecule has 0 N–H and O–H groups in total. The van der Waals surface area contributed by atoms with Gasteiger partial charge in [0.2, 0.25) is 0 Å². The van der Waals surface area contributed by atoms with Gasteiger partial charge in [-0.05, 0) is 58.1 Å². The van der Waals surface area contributed by atoms with Crippen molar-refractivity contribution in [2.24, 2.45) is 0 Å². The number of rotatable bonds is 4. The number of anilines is 1. The second-order valence-corrected chi connectivity index (χ2v) is 8.36. The van der Waals surface area contributed by atoms with E-state index in [1.807, 2.05) is 66.7 Å². The number of amides is 1. The molecule has 1 heterocycles. The Labute approximate surface area is 189 Å². The summed E-state index contributed by atoms with van der Waals surface area (Å²) >= 11 is 9.81. The van der Waals surface area contributed by atoms with Crippen LogP contribution in [-0.4, -0.2) is 13.2 Å². The number of hydrogen-bond acceptors (Lipinski definition) is 3. The molecule has 1 aliphatic rings. The van der Waals surface area contributed by atoms with Gasteiger partial charge in [0.25, 0.3) is 0 Å².